The van der Waals surface area contributed by atoms with Gasteiger partial charge in [0.25, 0.3) is 15.9 Å². The number of carbonyl (C=O) groups excluding carboxylic acids is 1. The van der Waals surface area contributed by atoms with Gasteiger partial charge in [-0.05, 0) is 36.4 Å². The summed E-state index contributed by atoms with van der Waals surface area (Å²) >= 11 is 0. The van der Waals surface area contributed by atoms with Gasteiger partial charge < -0.3 is 19.5 Å². The maximum Gasteiger partial charge on any atom is 0.262 e. The number of hydrogen-bond acceptors (Lipinski definition) is 7. The Morgan fingerprint density at radius 1 is 0.935 bits per heavy atom. The Balaban J connectivity index is 1.59. The third kappa shape index (κ3) is 6.09. The van der Waals surface area contributed by atoms with Gasteiger partial charge in [-0.1, -0.05) is 0 Å². The zero-order valence-electron chi connectivity index (χ0n) is 16.9. The molecule has 0 saturated carbocycles. The molecule has 0 unspecified atom stereocenters. The van der Waals surface area contributed by atoms with Crippen LogP contribution in [0.1, 0.15) is 0 Å². The average molecular weight is 443 g/mol. The number of nitrogens with one attached hydrogen (secondary N) is 2. The van der Waals surface area contributed by atoms with Gasteiger partial charge in [0.2, 0.25) is 0 Å². The smallest absolute Gasteiger partial charge is 0.262 e. The lowest BCUT2D eigenvalue weighted by Gasteiger charge is -2.11. The average Bonchev–Trinajstić information content (AvgIpc) is 2.78. The van der Waals surface area contributed by atoms with Gasteiger partial charge in [-0.3, -0.25) is 14.5 Å². The van der Waals surface area contributed by atoms with Crippen LogP contribution in [0.25, 0.3) is 0 Å². The van der Waals surface area contributed by atoms with Crippen LogP contribution >= 0.6 is 0 Å². The first-order valence-corrected chi connectivity index (χ1v) is 10.6. The van der Waals surface area contributed by atoms with Crippen LogP contribution in [-0.2, 0) is 14.8 Å². The molecule has 0 atom stereocenters. The number of nitrogens with zero attached hydrogens (tertiary/aromatic N) is 1. The molecule has 10 heteroatoms. The van der Waals surface area contributed by atoms with Crippen molar-refractivity contribution in [3.63, 3.8) is 0 Å². The van der Waals surface area contributed by atoms with Gasteiger partial charge in [0, 0.05) is 30.1 Å². The number of anilines is 2. The lowest BCUT2D eigenvalue weighted by atomic mass is 10.3. The molecule has 3 aromatic rings. The van der Waals surface area contributed by atoms with E-state index in [2.05, 4.69) is 15.0 Å². The zero-order chi connectivity index (χ0) is 22.3. The molecular weight excluding hydrogens is 422 g/mol. The van der Waals surface area contributed by atoms with Crippen molar-refractivity contribution in [1.82, 2.24) is 4.98 Å². The van der Waals surface area contributed by atoms with Crippen molar-refractivity contribution in [2.24, 2.45) is 0 Å². The number of sulfonamides is 1. The molecule has 1 aromatic heterocycles. The molecule has 162 valence electrons. The standard InChI is InChI=1S/C21H21N3O6S/c1-28-17-10-18(29-2)12-19(11-17)30-14-21(25)23-15-5-7-20(8-6-15)31(26,27)24-16-4-3-9-22-13-16/h3-13,24H,14H2,1-2H3,(H,23,25). The Morgan fingerprint density at radius 2 is 1.58 bits per heavy atom. The van der Waals surface area contributed by atoms with E-state index in [-0.39, 0.29) is 11.5 Å². The maximum atomic E-state index is 12.4. The predicted octanol–water partition coefficient (Wildman–Crippen LogP) is 2.92. The van der Waals surface area contributed by atoms with Gasteiger partial charge in [0.15, 0.2) is 6.61 Å². The number of amides is 1. The number of aromatic nitrogens is 1. The number of benzene rings is 2. The Morgan fingerprint density at radius 3 is 2.16 bits per heavy atom. The molecule has 0 aliphatic heterocycles. The first-order valence-electron chi connectivity index (χ1n) is 9.08. The lowest BCUT2D eigenvalue weighted by molar-refractivity contribution is -0.118. The molecule has 0 radical (unpaired) electrons. The highest BCUT2D eigenvalue weighted by Crippen LogP contribution is 2.27. The van der Waals surface area contributed by atoms with Crippen LogP contribution in [0.4, 0.5) is 11.4 Å². The summed E-state index contributed by atoms with van der Waals surface area (Å²) in [6.45, 7) is -0.251. The Bertz CT molecular complexity index is 1110. The second-order valence-corrected chi connectivity index (χ2v) is 7.94. The number of rotatable bonds is 9. The van der Waals surface area contributed by atoms with Crippen LogP contribution in [0.15, 0.2) is 71.9 Å². The molecule has 0 spiro atoms. The third-order valence-electron chi connectivity index (χ3n) is 4.06. The van der Waals surface area contributed by atoms with E-state index in [9.17, 15) is 13.2 Å². The number of carbonyl (C=O) groups is 1. The molecule has 31 heavy (non-hydrogen) atoms. The zero-order valence-corrected chi connectivity index (χ0v) is 17.7. The first-order chi connectivity index (χ1) is 14.9. The topological polar surface area (TPSA) is 116 Å². The van der Waals surface area contributed by atoms with E-state index in [1.165, 1.54) is 44.7 Å². The third-order valence-corrected chi connectivity index (χ3v) is 5.45. The van der Waals surface area contributed by atoms with Gasteiger partial charge in [0.1, 0.15) is 17.2 Å². The highest BCUT2D eigenvalue weighted by atomic mass is 32.2. The predicted molar refractivity (Wildman–Crippen MR) is 115 cm³/mol. The van der Waals surface area contributed by atoms with Crippen molar-refractivity contribution in [2.45, 2.75) is 4.90 Å². The minimum atomic E-state index is -3.77. The molecule has 2 aromatic carbocycles. The summed E-state index contributed by atoms with van der Waals surface area (Å²) in [6, 6.07) is 13.9. The second kappa shape index (κ2) is 9.81. The normalized spacial score (nSPS) is 10.8. The summed E-state index contributed by atoms with van der Waals surface area (Å²) in [5.41, 5.74) is 0.781. The number of pyridine rings is 1. The molecular formula is C21H21N3O6S. The lowest BCUT2D eigenvalue weighted by Crippen LogP contribution is -2.20. The fraction of sp³-hybridized carbons (Fsp3) is 0.143. The van der Waals surface area contributed by atoms with E-state index in [0.717, 1.165) is 0 Å². The van der Waals surface area contributed by atoms with Crippen LogP contribution < -0.4 is 24.2 Å². The van der Waals surface area contributed by atoms with E-state index in [0.29, 0.717) is 28.6 Å². The molecule has 2 N–H and O–H groups in total. The van der Waals surface area contributed by atoms with E-state index >= 15 is 0 Å². The minimum absolute atomic E-state index is 0.0501. The molecule has 1 amide bonds. The van der Waals surface area contributed by atoms with Crippen molar-refractivity contribution in [1.29, 1.82) is 0 Å². The second-order valence-electron chi connectivity index (χ2n) is 6.26. The summed E-state index contributed by atoms with van der Waals surface area (Å²) in [5.74, 6) is 1.07. The van der Waals surface area contributed by atoms with Crippen molar-refractivity contribution < 1.29 is 27.4 Å². The first kappa shape index (κ1) is 21.9. The molecule has 0 aliphatic carbocycles. The summed E-state index contributed by atoms with van der Waals surface area (Å²) < 4.78 is 43.1. The van der Waals surface area contributed by atoms with Crippen LogP contribution in [0, 0.1) is 0 Å². The molecule has 0 aliphatic rings. The van der Waals surface area contributed by atoms with Gasteiger partial charge in [0.05, 0.1) is 31.0 Å². The Labute approximate surface area is 180 Å². The summed E-state index contributed by atoms with van der Waals surface area (Å²) in [6.07, 6.45) is 2.95. The van der Waals surface area contributed by atoms with Crippen molar-refractivity contribution >= 4 is 27.3 Å². The van der Waals surface area contributed by atoms with Crippen LogP contribution in [0.3, 0.4) is 0 Å². The van der Waals surface area contributed by atoms with Gasteiger partial charge in [-0.2, -0.15) is 0 Å². The Kier molecular flexibility index (Phi) is 6.93. The van der Waals surface area contributed by atoms with Gasteiger partial charge in [-0.15, -0.1) is 0 Å². The van der Waals surface area contributed by atoms with Crippen molar-refractivity contribution in [3.05, 3.63) is 67.0 Å². The summed E-state index contributed by atoms with van der Waals surface area (Å²) in [4.78, 5) is 16.1. The maximum absolute atomic E-state index is 12.4. The highest BCUT2D eigenvalue weighted by molar-refractivity contribution is 7.92. The van der Waals surface area contributed by atoms with E-state index in [1.54, 1.807) is 36.5 Å². The largest absolute Gasteiger partial charge is 0.496 e. The van der Waals surface area contributed by atoms with Gasteiger partial charge in [-0.25, -0.2) is 8.42 Å². The van der Waals surface area contributed by atoms with E-state index < -0.39 is 15.9 Å². The molecule has 0 bridgehead atoms. The quantitative estimate of drug-likeness (QED) is 0.522. The number of ether oxygens (including phenoxy) is 3. The molecule has 9 nitrogen and oxygen atoms in total. The fourth-order valence-corrected chi connectivity index (χ4v) is 3.61. The SMILES string of the molecule is COc1cc(OC)cc(OCC(=O)Nc2ccc(S(=O)(=O)Nc3cccnc3)cc2)c1. The Hall–Kier alpha value is -3.79. The van der Waals surface area contributed by atoms with E-state index in [1.807, 2.05) is 0 Å². The van der Waals surface area contributed by atoms with Gasteiger partial charge >= 0.3 is 0 Å². The van der Waals surface area contributed by atoms with Crippen LogP contribution in [0.2, 0.25) is 0 Å². The van der Waals surface area contributed by atoms with E-state index in [4.69, 9.17) is 14.2 Å². The molecule has 3 rings (SSSR count). The summed E-state index contributed by atoms with van der Waals surface area (Å²) in [7, 11) is -0.739. The molecule has 1 heterocycles. The van der Waals surface area contributed by atoms with Crippen LogP contribution in [0.5, 0.6) is 17.2 Å². The monoisotopic (exact) mass is 443 g/mol. The van der Waals surface area contributed by atoms with Crippen molar-refractivity contribution in [3.8, 4) is 17.2 Å². The fourth-order valence-electron chi connectivity index (χ4n) is 2.57. The number of methoxy groups -OCH3 is 2. The minimum Gasteiger partial charge on any atom is -0.496 e. The molecule has 0 fully saturated rings. The van der Waals surface area contributed by atoms with Crippen molar-refractivity contribution in [2.75, 3.05) is 30.9 Å². The van der Waals surface area contributed by atoms with Crippen LogP contribution in [-0.4, -0.2) is 40.1 Å². The summed E-state index contributed by atoms with van der Waals surface area (Å²) in [5, 5.41) is 2.65. The highest BCUT2D eigenvalue weighted by Gasteiger charge is 2.14. The molecule has 0 saturated heterocycles. The number of hydrogen-bond donors (Lipinski definition) is 2.